The van der Waals surface area contributed by atoms with E-state index < -0.39 is 0 Å². The van der Waals surface area contributed by atoms with Crippen LogP contribution in [-0.4, -0.2) is 80.1 Å². The molecule has 1 fully saturated rings. The highest BCUT2D eigenvalue weighted by Crippen LogP contribution is 2.18. The Balaban J connectivity index is 1.60. The van der Waals surface area contributed by atoms with Gasteiger partial charge in [0.25, 0.3) is 0 Å². The topological polar surface area (TPSA) is 61.8 Å². The summed E-state index contributed by atoms with van der Waals surface area (Å²) in [5.41, 5.74) is 2.18. The Labute approximate surface area is 179 Å². The van der Waals surface area contributed by atoms with Crippen LogP contribution in [-0.2, 0) is 17.6 Å². The van der Waals surface area contributed by atoms with E-state index in [9.17, 15) is 4.79 Å². The highest BCUT2D eigenvalue weighted by atomic mass is 16.5. The van der Waals surface area contributed by atoms with Crippen molar-refractivity contribution in [1.82, 2.24) is 19.8 Å². The first-order chi connectivity index (χ1) is 14.4. The molecule has 0 N–H and O–H groups in total. The van der Waals surface area contributed by atoms with E-state index in [0.717, 1.165) is 61.8 Å². The van der Waals surface area contributed by atoms with Crippen LogP contribution in [0.25, 0.3) is 0 Å². The lowest BCUT2D eigenvalue weighted by atomic mass is 10.0. The molecule has 1 aliphatic rings. The van der Waals surface area contributed by atoms with E-state index in [4.69, 9.17) is 4.74 Å². The van der Waals surface area contributed by atoms with Gasteiger partial charge in [0.15, 0.2) is 0 Å². The first-order valence-electron chi connectivity index (χ1n) is 10.5. The molecule has 30 heavy (non-hydrogen) atoms. The van der Waals surface area contributed by atoms with Crippen LogP contribution in [0.2, 0.25) is 0 Å². The van der Waals surface area contributed by atoms with Gasteiger partial charge in [0, 0.05) is 58.5 Å². The van der Waals surface area contributed by atoms with Gasteiger partial charge in [-0.2, -0.15) is 0 Å². The number of likely N-dealkylation sites (N-methyl/N-ethyl adjacent to an activating group) is 1. The minimum absolute atomic E-state index is 0.225. The fourth-order valence-corrected chi connectivity index (χ4v) is 3.88. The number of anilines is 1. The number of carbonyl (C=O) groups is 1. The van der Waals surface area contributed by atoms with E-state index in [2.05, 4.69) is 21.9 Å². The van der Waals surface area contributed by atoms with Gasteiger partial charge in [-0.1, -0.05) is 12.1 Å². The molecular weight excluding hydrogens is 378 g/mol. The van der Waals surface area contributed by atoms with Gasteiger partial charge in [0.05, 0.1) is 7.11 Å². The van der Waals surface area contributed by atoms with Crippen molar-refractivity contribution in [2.24, 2.45) is 5.92 Å². The molecule has 1 unspecified atom stereocenters. The number of methoxy groups -OCH3 is 1. The molecular formula is C23H33N5O2. The molecule has 1 saturated heterocycles. The van der Waals surface area contributed by atoms with Crippen LogP contribution in [0, 0.1) is 5.92 Å². The quantitative estimate of drug-likeness (QED) is 0.696. The second-order valence-corrected chi connectivity index (χ2v) is 8.28. The standard InChI is InChI=1S/C23H33N5O2/c1-26(2)22-14-20(24-17-25-22)13-19-15-27(3)11-12-28(16-19)23(29)10-7-18-5-8-21(30-4)9-6-18/h5-6,8-9,14,17,19H,7,10-13,15-16H2,1-4H3. The maximum atomic E-state index is 12.9. The van der Waals surface area contributed by atoms with Gasteiger partial charge in [-0.25, -0.2) is 9.97 Å². The molecule has 1 amide bonds. The van der Waals surface area contributed by atoms with E-state index in [1.165, 1.54) is 0 Å². The zero-order chi connectivity index (χ0) is 21.5. The van der Waals surface area contributed by atoms with E-state index >= 15 is 0 Å². The Kier molecular flexibility index (Phi) is 7.63. The lowest BCUT2D eigenvalue weighted by Gasteiger charge is -2.24. The normalized spacial score (nSPS) is 17.5. The average Bonchev–Trinajstić information content (AvgIpc) is 2.93. The molecule has 162 valence electrons. The Morgan fingerprint density at radius 2 is 1.93 bits per heavy atom. The summed E-state index contributed by atoms with van der Waals surface area (Å²) in [4.78, 5) is 28.0. The molecule has 2 aromatic rings. The van der Waals surface area contributed by atoms with Crippen LogP contribution >= 0.6 is 0 Å². The summed E-state index contributed by atoms with van der Waals surface area (Å²) in [5.74, 6) is 2.33. The Bertz CT molecular complexity index is 825. The molecule has 0 bridgehead atoms. The van der Waals surface area contributed by atoms with Gasteiger partial charge in [-0.3, -0.25) is 4.79 Å². The highest BCUT2D eigenvalue weighted by Gasteiger charge is 2.24. The van der Waals surface area contributed by atoms with E-state index in [1.54, 1.807) is 13.4 Å². The maximum Gasteiger partial charge on any atom is 0.222 e. The summed E-state index contributed by atoms with van der Waals surface area (Å²) in [6.07, 6.45) is 3.75. The molecule has 7 nitrogen and oxygen atoms in total. The van der Waals surface area contributed by atoms with Crippen molar-refractivity contribution in [3.05, 3.63) is 47.9 Å². The van der Waals surface area contributed by atoms with Crippen molar-refractivity contribution < 1.29 is 9.53 Å². The Morgan fingerprint density at radius 1 is 1.17 bits per heavy atom. The van der Waals surface area contributed by atoms with E-state index in [1.807, 2.05) is 54.2 Å². The molecule has 1 aromatic heterocycles. The number of hydrogen-bond acceptors (Lipinski definition) is 6. The molecule has 7 heteroatoms. The first-order valence-corrected chi connectivity index (χ1v) is 10.5. The molecule has 2 heterocycles. The first kappa shape index (κ1) is 22.0. The Morgan fingerprint density at radius 3 is 2.63 bits per heavy atom. The summed E-state index contributed by atoms with van der Waals surface area (Å²) in [7, 11) is 7.75. The fraction of sp³-hybridized carbons (Fsp3) is 0.522. The summed E-state index contributed by atoms with van der Waals surface area (Å²) >= 11 is 0. The zero-order valence-electron chi connectivity index (χ0n) is 18.5. The molecule has 1 aromatic carbocycles. The van der Waals surface area contributed by atoms with Crippen LogP contribution in [0.15, 0.2) is 36.7 Å². The van der Waals surface area contributed by atoms with E-state index in [0.29, 0.717) is 12.3 Å². The van der Waals surface area contributed by atoms with Crippen molar-refractivity contribution in [2.75, 3.05) is 59.3 Å². The number of benzene rings is 1. The van der Waals surface area contributed by atoms with Gasteiger partial charge >= 0.3 is 0 Å². The number of aromatic nitrogens is 2. The molecule has 3 rings (SSSR count). The molecule has 0 radical (unpaired) electrons. The summed E-state index contributed by atoms with van der Waals surface area (Å²) < 4.78 is 5.20. The number of hydrogen-bond donors (Lipinski definition) is 0. The molecule has 0 saturated carbocycles. The smallest absolute Gasteiger partial charge is 0.222 e. The third-order valence-electron chi connectivity index (χ3n) is 5.60. The number of carbonyl (C=O) groups excluding carboxylic acids is 1. The lowest BCUT2D eigenvalue weighted by molar-refractivity contribution is -0.131. The predicted octanol–water partition coefficient (Wildman–Crippen LogP) is 2.12. The monoisotopic (exact) mass is 411 g/mol. The second-order valence-electron chi connectivity index (χ2n) is 8.28. The molecule has 0 spiro atoms. The van der Waals surface area contributed by atoms with Crippen LogP contribution < -0.4 is 9.64 Å². The van der Waals surface area contributed by atoms with Crippen molar-refractivity contribution in [3.8, 4) is 5.75 Å². The predicted molar refractivity (Wildman–Crippen MR) is 119 cm³/mol. The minimum Gasteiger partial charge on any atom is -0.497 e. The minimum atomic E-state index is 0.225. The van der Waals surface area contributed by atoms with Crippen LogP contribution in [0.5, 0.6) is 5.75 Å². The maximum absolute atomic E-state index is 12.9. The number of amides is 1. The van der Waals surface area contributed by atoms with Crippen molar-refractivity contribution in [1.29, 1.82) is 0 Å². The number of rotatable bonds is 7. The average molecular weight is 412 g/mol. The van der Waals surface area contributed by atoms with Crippen LogP contribution in [0.3, 0.4) is 0 Å². The summed E-state index contributed by atoms with van der Waals surface area (Å²) in [6.45, 7) is 3.41. The molecule has 1 atom stereocenters. The highest BCUT2D eigenvalue weighted by molar-refractivity contribution is 5.76. The van der Waals surface area contributed by atoms with Crippen LogP contribution in [0.4, 0.5) is 5.82 Å². The van der Waals surface area contributed by atoms with Crippen molar-refractivity contribution in [3.63, 3.8) is 0 Å². The van der Waals surface area contributed by atoms with Gasteiger partial charge < -0.3 is 19.4 Å². The van der Waals surface area contributed by atoms with Crippen molar-refractivity contribution >= 4 is 11.7 Å². The molecule has 1 aliphatic heterocycles. The summed E-state index contributed by atoms with van der Waals surface area (Å²) in [6, 6.07) is 9.99. The van der Waals surface area contributed by atoms with Gasteiger partial charge in [-0.05, 0) is 43.5 Å². The van der Waals surface area contributed by atoms with Gasteiger partial charge in [0.1, 0.15) is 17.9 Å². The van der Waals surface area contributed by atoms with Gasteiger partial charge in [-0.15, -0.1) is 0 Å². The number of ether oxygens (including phenoxy) is 1. The van der Waals surface area contributed by atoms with E-state index in [-0.39, 0.29) is 5.91 Å². The second kappa shape index (κ2) is 10.4. The molecule has 0 aliphatic carbocycles. The SMILES string of the molecule is COc1ccc(CCC(=O)N2CCN(C)CC(Cc3cc(N(C)C)ncn3)C2)cc1. The lowest BCUT2D eigenvalue weighted by Crippen LogP contribution is -2.36. The fourth-order valence-electron chi connectivity index (χ4n) is 3.88. The number of nitrogens with zero attached hydrogens (tertiary/aromatic N) is 5. The summed E-state index contributed by atoms with van der Waals surface area (Å²) in [5, 5.41) is 0. The van der Waals surface area contributed by atoms with Crippen molar-refractivity contribution in [2.45, 2.75) is 19.3 Å². The third-order valence-corrected chi connectivity index (χ3v) is 5.60. The Hall–Kier alpha value is -2.67. The zero-order valence-corrected chi connectivity index (χ0v) is 18.5. The largest absolute Gasteiger partial charge is 0.497 e. The van der Waals surface area contributed by atoms with Crippen LogP contribution in [0.1, 0.15) is 17.7 Å². The number of aryl methyl sites for hydroxylation is 1. The van der Waals surface area contributed by atoms with Gasteiger partial charge in [0.2, 0.25) is 5.91 Å². The third kappa shape index (κ3) is 6.16.